The van der Waals surface area contributed by atoms with E-state index in [1.54, 1.807) is 7.11 Å². The van der Waals surface area contributed by atoms with Crippen molar-refractivity contribution in [1.82, 2.24) is 4.98 Å². The lowest BCUT2D eigenvalue weighted by molar-refractivity contribution is 0.00578. The molecule has 23 heavy (non-hydrogen) atoms. The van der Waals surface area contributed by atoms with Gasteiger partial charge in [-0.1, -0.05) is 6.07 Å². The van der Waals surface area contributed by atoms with Crippen molar-refractivity contribution in [3.05, 3.63) is 42.5 Å². The number of benzene rings is 1. The number of rotatable bonds is 3. The fraction of sp³-hybridized carbons (Fsp3) is 0.389. The first-order chi connectivity index (χ1) is 10.8. The van der Waals surface area contributed by atoms with Gasteiger partial charge in [-0.2, -0.15) is 0 Å². The van der Waals surface area contributed by atoms with Gasteiger partial charge in [-0.15, -0.1) is 0 Å². The third-order valence-electron chi connectivity index (χ3n) is 4.65. The second-order valence-electron chi connectivity index (χ2n) is 6.76. The van der Waals surface area contributed by atoms with E-state index < -0.39 is 7.12 Å². The molecular formula is C18H22BNO3. The van der Waals surface area contributed by atoms with Crippen LogP contribution in [0.1, 0.15) is 27.7 Å². The molecule has 0 amide bonds. The van der Waals surface area contributed by atoms with Crippen molar-refractivity contribution < 1.29 is 14.0 Å². The fourth-order valence-electron chi connectivity index (χ4n) is 2.47. The smallest absolute Gasteiger partial charge is 0.497 e. The maximum absolute atomic E-state index is 6.07. The third kappa shape index (κ3) is 2.99. The maximum Gasteiger partial charge on any atom is 0.514 e. The molecule has 1 aliphatic heterocycles. The minimum absolute atomic E-state index is 0.366. The lowest BCUT2D eigenvalue weighted by atomic mass is 9.84. The van der Waals surface area contributed by atoms with Crippen molar-refractivity contribution in [2.45, 2.75) is 38.9 Å². The summed E-state index contributed by atoms with van der Waals surface area (Å²) in [5.74, 6) is 0.830. The lowest BCUT2D eigenvalue weighted by Gasteiger charge is -2.32. The zero-order valence-corrected chi connectivity index (χ0v) is 14.3. The van der Waals surface area contributed by atoms with Crippen molar-refractivity contribution in [1.29, 1.82) is 0 Å². The highest BCUT2D eigenvalue weighted by Gasteiger charge is 2.52. The van der Waals surface area contributed by atoms with Crippen LogP contribution in [0.4, 0.5) is 0 Å². The first-order valence-electron chi connectivity index (χ1n) is 7.79. The van der Waals surface area contributed by atoms with Gasteiger partial charge in [0.25, 0.3) is 0 Å². The van der Waals surface area contributed by atoms with Gasteiger partial charge >= 0.3 is 7.12 Å². The predicted molar refractivity (Wildman–Crippen MR) is 91.9 cm³/mol. The third-order valence-corrected chi connectivity index (χ3v) is 4.65. The highest BCUT2D eigenvalue weighted by molar-refractivity contribution is 6.61. The Hall–Kier alpha value is -1.85. The van der Waals surface area contributed by atoms with Crippen molar-refractivity contribution >= 4 is 12.7 Å². The van der Waals surface area contributed by atoms with E-state index in [-0.39, 0.29) is 11.2 Å². The van der Waals surface area contributed by atoms with Gasteiger partial charge in [0.15, 0.2) is 0 Å². The van der Waals surface area contributed by atoms with Crippen LogP contribution in [0.25, 0.3) is 11.3 Å². The van der Waals surface area contributed by atoms with Gasteiger partial charge in [-0.3, -0.25) is 4.98 Å². The van der Waals surface area contributed by atoms with Crippen LogP contribution in [0.5, 0.6) is 5.75 Å². The molecule has 0 N–H and O–H groups in total. The van der Waals surface area contributed by atoms with Gasteiger partial charge in [0.1, 0.15) is 5.75 Å². The van der Waals surface area contributed by atoms with E-state index in [9.17, 15) is 0 Å². The number of hydrogen-bond acceptors (Lipinski definition) is 4. The molecule has 0 bridgehead atoms. The van der Waals surface area contributed by atoms with E-state index in [2.05, 4.69) is 0 Å². The molecule has 0 spiro atoms. The highest BCUT2D eigenvalue weighted by Crippen LogP contribution is 2.36. The molecule has 5 heteroatoms. The second-order valence-corrected chi connectivity index (χ2v) is 6.76. The molecule has 0 radical (unpaired) electrons. The summed E-state index contributed by atoms with van der Waals surface area (Å²) < 4.78 is 17.3. The zero-order valence-electron chi connectivity index (χ0n) is 14.3. The monoisotopic (exact) mass is 311 g/mol. The second kappa shape index (κ2) is 5.66. The zero-order chi connectivity index (χ0) is 16.7. The van der Waals surface area contributed by atoms with Gasteiger partial charge < -0.3 is 14.0 Å². The van der Waals surface area contributed by atoms with Gasteiger partial charge in [0, 0.05) is 5.56 Å². The Morgan fingerprint density at radius 3 is 2.09 bits per heavy atom. The first-order valence-corrected chi connectivity index (χ1v) is 7.79. The number of nitrogens with zero attached hydrogens (tertiary/aromatic N) is 1. The van der Waals surface area contributed by atoms with Crippen LogP contribution in [0, 0.1) is 0 Å². The Morgan fingerprint density at radius 1 is 0.913 bits per heavy atom. The Morgan fingerprint density at radius 2 is 1.52 bits per heavy atom. The van der Waals surface area contributed by atoms with Crippen molar-refractivity contribution in [2.75, 3.05) is 7.11 Å². The Bertz CT molecular complexity index is 682. The largest absolute Gasteiger partial charge is 0.514 e. The quantitative estimate of drug-likeness (QED) is 0.817. The summed E-state index contributed by atoms with van der Waals surface area (Å²) in [5.41, 5.74) is 1.98. The summed E-state index contributed by atoms with van der Waals surface area (Å²) in [4.78, 5) is 4.72. The summed E-state index contributed by atoms with van der Waals surface area (Å²) >= 11 is 0. The number of hydrogen-bond donors (Lipinski definition) is 0. The summed E-state index contributed by atoms with van der Waals surface area (Å²) in [6.07, 6.45) is 0. The van der Waals surface area contributed by atoms with Crippen molar-refractivity contribution in [3.63, 3.8) is 0 Å². The van der Waals surface area contributed by atoms with E-state index >= 15 is 0 Å². The van der Waals surface area contributed by atoms with E-state index in [1.165, 1.54) is 0 Å². The Kier molecular flexibility index (Phi) is 3.94. The first kappa shape index (κ1) is 16.0. The van der Waals surface area contributed by atoms with E-state index in [4.69, 9.17) is 19.0 Å². The average Bonchev–Trinajstić information content (AvgIpc) is 2.76. The molecule has 0 aliphatic carbocycles. The van der Waals surface area contributed by atoms with Crippen LogP contribution >= 0.6 is 0 Å². The summed E-state index contributed by atoms with van der Waals surface area (Å²) in [6, 6.07) is 13.7. The Balaban J connectivity index is 1.88. The van der Waals surface area contributed by atoms with Crippen LogP contribution < -0.4 is 10.3 Å². The van der Waals surface area contributed by atoms with Crippen molar-refractivity contribution in [2.24, 2.45) is 0 Å². The molecule has 4 nitrogen and oxygen atoms in total. The van der Waals surface area contributed by atoms with E-state index in [0.717, 1.165) is 22.6 Å². The average molecular weight is 311 g/mol. The molecule has 2 aromatic rings. The number of pyridine rings is 1. The van der Waals surface area contributed by atoms with E-state index in [1.807, 2.05) is 70.2 Å². The van der Waals surface area contributed by atoms with Gasteiger partial charge in [-0.05, 0) is 64.1 Å². The summed E-state index contributed by atoms with van der Waals surface area (Å²) in [6.45, 7) is 8.17. The number of methoxy groups -OCH3 is 1. The number of aromatic nitrogens is 1. The molecule has 1 saturated heterocycles. The Labute approximate surface area is 137 Å². The van der Waals surface area contributed by atoms with Gasteiger partial charge in [0.2, 0.25) is 0 Å². The van der Waals surface area contributed by atoms with Crippen LogP contribution in [0.3, 0.4) is 0 Å². The summed E-state index contributed by atoms with van der Waals surface area (Å²) in [7, 11) is 1.21. The van der Waals surface area contributed by atoms with Crippen LogP contribution in [0.2, 0.25) is 0 Å². The molecule has 0 saturated carbocycles. The molecule has 0 unspecified atom stereocenters. The van der Waals surface area contributed by atoms with Gasteiger partial charge in [-0.25, -0.2) is 0 Å². The van der Waals surface area contributed by atoms with Crippen LogP contribution in [0.15, 0.2) is 42.5 Å². The fourth-order valence-corrected chi connectivity index (χ4v) is 2.47. The molecule has 1 aromatic carbocycles. The predicted octanol–water partition coefficient (Wildman–Crippen LogP) is 3.06. The van der Waals surface area contributed by atoms with Crippen molar-refractivity contribution in [3.8, 4) is 17.0 Å². The van der Waals surface area contributed by atoms with Crippen LogP contribution in [-0.4, -0.2) is 30.4 Å². The molecule has 3 rings (SSSR count). The molecule has 1 fully saturated rings. The van der Waals surface area contributed by atoms with E-state index in [0.29, 0.717) is 0 Å². The molecule has 2 heterocycles. The molecule has 0 atom stereocenters. The molecular weight excluding hydrogens is 289 g/mol. The molecule has 120 valence electrons. The molecule has 1 aliphatic rings. The summed E-state index contributed by atoms with van der Waals surface area (Å²) in [5, 5.41) is 0. The number of ether oxygens (including phenoxy) is 1. The topological polar surface area (TPSA) is 40.6 Å². The van der Waals surface area contributed by atoms with Gasteiger partial charge in [0.05, 0.1) is 29.6 Å². The minimum Gasteiger partial charge on any atom is -0.497 e. The normalized spacial score (nSPS) is 18.9. The minimum atomic E-state index is -0.446. The standard InChI is InChI=1S/C18H22BNO3/c1-17(2)18(3,4)23-19(22-17)16-8-6-7-15(20-16)13-9-11-14(21-5)12-10-13/h6-12H,1-5H3. The highest BCUT2D eigenvalue weighted by atomic mass is 16.7. The SMILES string of the molecule is COc1ccc(-c2cccc(B3OC(C)(C)C(C)(C)O3)n2)cc1. The maximum atomic E-state index is 6.07. The lowest BCUT2D eigenvalue weighted by Crippen LogP contribution is -2.41. The molecule has 1 aromatic heterocycles. The van der Waals surface area contributed by atoms with Crippen LogP contribution in [-0.2, 0) is 9.31 Å².